The van der Waals surface area contributed by atoms with Crippen LogP contribution in [0.25, 0.3) is 16.9 Å². The fourth-order valence-electron chi connectivity index (χ4n) is 2.79. The number of thiazole rings is 1. The van der Waals surface area contributed by atoms with Crippen LogP contribution in [-0.2, 0) is 0 Å². The fourth-order valence-corrected chi connectivity index (χ4v) is 3.69. The summed E-state index contributed by atoms with van der Waals surface area (Å²) < 4.78 is 2.05. The lowest BCUT2D eigenvalue weighted by Crippen LogP contribution is -2.15. The van der Waals surface area contributed by atoms with Crippen molar-refractivity contribution in [3.05, 3.63) is 82.4 Å². The van der Waals surface area contributed by atoms with E-state index in [9.17, 15) is 4.79 Å². The topological polar surface area (TPSA) is 89.1 Å². The molecule has 0 bridgehead atoms. The molecule has 3 N–H and O–H groups in total. The molecular weight excluding hydrogens is 358 g/mol. The van der Waals surface area contributed by atoms with Crippen LogP contribution in [0.1, 0.15) is 16.1 Å². The van der Waals surface area contributed by atoms with E-state index in [0.717, 1.165) is 16.9 Å². The lowest BCUT2D eigenvalue weighted by molar-refractivity contribution is 0.0997. The summed E-state index contributed by atoms with van der Waals surface area (Å²) in [6.45, 7) is 2.06. The summed E-state index contributed by atoms with van der Waals surface area (Å²) in [7, 11) is 0. The molecule has 0 aliphatic rings. The van der Waals surface area contributed by atoms with E-state index in [1.165, 1.54) is 23.2 Å². The van der Waals surface area contributed by atoms with Gasteiger partial charge in [-0.3, -0.25) is 9.36 Å². The van der Waals surface area contributed by atoms with Gasteiger partial charge in [0.25, 0.3) is 5.91 Å². The zero-order valence-electron chi connectivity index (χ0n) is 14.6. The van der Waals surface area contributed by atoms with Crippen LogP contribution in [0.15, 0.2) is 71.3 Å². The maximum Gasteiger partial charge on any atom is 0.269 e. The molecule has 4 aromatic rings. The van der Waals surface area contributed by atoms with Crippen LogP contribution >= 0.6 is 11.3 Å². The van der Waals surface area contributed by atoms with Crippen LogP contribution in [0.4, 0.5) is 5.82 Å². The number of hydrogen-bond donors (Lipinski definition) is 2. The Hall–Kier alpha value is -3.45. The van der Waals surface area contributed by atoms with Gasteiger partial charge in [-0.1, -0.05) is 48.0 Å². The number of para-hydroxylation sites is 1. The average molecular weight is 375 g/mol. The molecule has 0 spiro atoms. The Morgan fingerprint density at radius 3 is 2.59 bits per heavy atom. The van der Waals surface area contributed by atoms with E-state index in [-0.39, 0.29) is 11.5 Å². The number of carbonyl (C=O) groups is 1. The van der Waals surface area contributed by atoms with E-state index in [4.69, 9.17) is 5.73 Å². The normalized spacial score (nSPS) is 11.7. The lowest BCUT2D eigenvalue weighted by atomic mass is 10.1. The maximum absolute atomic E-state index is 11.6. The first-order valence-electron chi connectivity index (χ1n) is 8.34. The minimum absolute atomic E-state index is 0.194. The number of primary amides is 1. The number of carbonyl (C=O) groups excluding carboxylic acids is 1. The molecule has 0 aliphatic carbocycles. The molecule has 134 valence electrons. The third kappa shape index (κ3) is 3.32. The van der Waals surface area contributed by atoms with Gasteiger partial charge in [-0.05, 0) is 24.6 Å². The quantitative estimate of drug-likeness (QED) is 0.571. The number of aromatic nitrogens is 3. The number of H-pyrrole nitrogens is 1. The van der Waals surface area contributed by atoms with E-state index < -0.39 is 5.91 Å². The molecule has 2 aromatic heterocycles. The Morgan fingerprint density at radius 2 is 1.89 bits per heavy atom. The second-order valence-corrected chi connectivity index (χ2v) is 6.85. The summed E-state index contributed by atoms with van der Waals surface area (Å²) in [5.74, 6) is -0.308. The van der Waals surface area contributed by atoms with E-state index >= 15 is 0 Å². The SMILES string of the molecule is Cc1ccc(-c2cs/c(=N\c3nc[nH]c3C(N)=O)n2-c2ccccc2)cc1. The van der Waals surface area contributed by atoms with Crippen LogP contribution < -0.4 is 10.5 Å². The highest BCUT2D eigenvalue weighted by Crippen LogP contribution is 2.24. The van der Waals surface area contributed by atoms with Gasteiger partial charge in [0.2, 0.25) is 0 Å². The third-order valence-electron chi connectivity index (χ3n) is 4.14. The van der Waals surface area contributed by atoms with Crippen LogP contribution in [0.2, 0.25) is 0 Å². The van der Waals surface area contributed by atoms with E-state index in [1.54, 1.807) is 0 Å². The molecule has 0 fully saturated rings. The highest BCUT2D eigenvalue weighted by molar-refractivity contribution is 7.07. The zero-order valence-corrected chi connectivity index (χ0v) is 15.4. The summed E-state index contributed by atoms with van der Waals surface area (Å²) in [5, 5.41) is 2.05. The molecule has 0 aliphatic heterocycles. The molecule has 0 radical (unpaired) electrons. The van der Waals surface area contributed by atoms with Gasteiger partial charge in [0.1, 0.15) is 0 Å². The number of nitrogens with zero attached hydrogens (tertiary/aromatic N) is 3. The minimum atomic E-state index is -0.590. The summed E-state index contributed by atoms with van der Waals surface area (Å²) in [4.78, 5) is 23.8. The van der Waals surface area contributed by atoms with Crippen molar-refractivity contribution in [3.8, 4) is 16.9 Å². The Labute approximate surface area is 159 Å². The largest absolute Gasteiger partial charge is 0.364 e. The number of benzene rings is 2. The molecular formula is C20H17N5OS. The van der Waals surface area contributed by atoms with Gasteiger partial charge in [-0.2, -0.15) is 4.99 Å². The van der Waals surface area contributed by atoms with Crippen molar-refractivity contribution in [1.82, 2.24) is 14.5 Å². The molecule has 27 heavy (non-hydrogen) atoms. The summed E-state index contributed by atoms with van der Waals surface area (Å²) >= 11 is 1.48. The number of hydrogen-bond acceptors (Lipinski definition) is 4. The van der Waals surface area contributed by atoms with Crippen molar-refractivity contribution in [2.24, 2.45) is 10.7 Å². The Kier molecular flexibility index (Phi) is 4.43. The Balaban J connectivity index is 1.95. The fraction of sp³-hybridized carbons (Fsp3) is 0.0500. The summed E-state index contributed by atoms with van der Waals surface area (Å²) in [5.41, 5.74) is 9.87. The third-order valence-corrected chi connectivity index (χ3v) is 4.96. The summed E-state index contributed by atoms with van der Waals surface area (Å²) in [6.07, 6.45) is 1.42. The van der Waals surface area contributed by atoms with Crippen molar-refractivity contribution < 1.29 is 4.79 Å². The lowest BCUT2D eigenvalue weighted by Gasteiger charge is -2.09. The smallest absolute Gasteiger partial charge is 0.269 e. The van der Waals surface area contributed by atoms with Crippen molar-refractivity contribution in [2.45, 2.75) is 6.92 Å². The van der Waals surface area contributed by atoms with Crippen molar-refractivity contribution >= 4 is 23.1 Å². The molecule has 0 atom stereocenters. The highest BCUT2D eigenvalue weighted by atomic mass is 32.1. The molecule has 6 nitrogen and oxygen atoms in total. The maximum atomic E-state index is 11.6. The van der Waals surface area contributed by atoms with Gasteiger partial charge in [-0.25, -0.2) is 4.98 Å². The first-order chi connectivity index (χ1) is 13.1. The molecule has 0 saturated heterocycles. The highest BCUT2D eigenvalue weighted by Gasteiger charge is 2.13. The predicted molar refractivity (Wildman–Crippen MR) is 106 cm³/mol. The van der Waals surface area contributed by atoms with E-state index in [1.807, 2.05) is 35.7 Å². The summed E-state index contributed by atoms with van der Waals surface area (Å²) in [6, 6.07) is 18.3. The second kappa shape index (κ2) is 7.05. The number of aryl methyl sites for hydroxylation is 1. The first kappa shape index (κ1) is 17.0. The van der Waals surface area contributed by atoms with Gasteiger partial charge >= 0.3 is 0 Å². The minimum Gasteiger partial charge on any atom is -0.364 e. The number of amides is 1. The van der Waals surface area contributed by atoms with Crippen LogP contribution in [0.3, 0.4) is 0 Å². The predicted octanol–water partition coefficient (Wildman–Crippen LogP) is 3.57. The molecule has 2 aromatic carbocycles. The molecule has 2 heterocycles. The molecule has 7 heteroatoms. The number of rotatable bonds is 4. The molecule has 1 amide bonds. The van der Waals surface area contributed by atoms with E-state index in [0.29, 0.717) is 4.80 Å². The number of nitrogens with one attached hydrogen (secondary N) is 1. The van der Waals surface area contributed by atoms with Crippen LogP contribution in [-0.4, -0.2) is 20.4 Å². The monoisotopic (exact) mass is 375 g/mol. The van der Waals surface area contributed by atoms with Gasteiger partial charge in [0, 0.05) is 11.1 Å². The number of aromatic amines is 1. The first-order valence-corrected chi connectivity index (χ1v) is 9.22. The van der Waals surface area contributed by atoms with Crippen LogP contribution in [0.5, 0.6) is 0 Å². The standard InChI is InChI=1S/C20H17N5OS/c1-13-7-9-14(10-8-13)16-11-27-20(25(16)15-5-3-2-4-6-15)24-19-17(18(21)26)22-12-23-19/h2-12H,1H3,(H2,21,26)(H,22,23)/b24-20-. The van der Waals surface area contributed by atoms with Gasteiger partial charge in [0.05, 0.1) is 12.0 Å². The van der Waals surface area contributed by atoms with Crippen molar-refractivity contribution in [2.75, 3.05) is 0 Å². The van der Waals surface area contributed by atoms with Gasteiger partial charge in [0.15, 0.2) is 16.3 Å². The number of nitrogens with two attached hydrogens (primary N) is 1. The molecule has 0 saturated carbocycles. The number of imidazole rings is 1. The van der Waals surface area contributed by atoms with Gasteiger partial charge < -0.3 is 10.7 Å². The molecule has 4 rings (SSSR count). The van der Waals surface area contributed by atoms with Gasteiger partial charge in [-0.15, -0.1) is 11.3 Å². The van der Waals surface area contributed by atoms with Crippen molar-refractivity contribution in [3.63, 3.8) is 0 Å². The van der Waals surface area contributed by atoms with Crippen molar-refractivity contribution in [1.29, 1.82) is 0 Å². The zero-order chi connectivity index (χ0) is 18.8. The Morgan fingerprint density at radius 1 is 1.15 bits per heavy atom. The second-order valence-electron chi connectivity index (χ2n) is 6.02. The van der Waals surface area contributed by atoms with E-state index in [2.05, 4.69) is 50.7 Å². The Bertz CT molecular complexity index is 1150. The average Bonchev–Trinajstić information content (AvgIpc) is 3.31. The van der Waals surface area contributed by atoms with Crippen LogP contribution in [0, 0.1) is 6.92 Å². The molecule has 0 unspecified atom stereocenters.